The first-order valence-electron chi connectivity index (χ1n) is 6.73. The predicted octanol–water partition coefficient (Wildman–Crippen LogP) is 1.85. The van der Waals surface area contributed by atoms with Crippen molar-refractivity contribution in [2.75, 3.05) is 6.54 Å². The second-order valence-electron chi connectivity index (χ2n) is 5.01. The van der Waals surface area contributed by atoms with Crippen LogP contribution in [-0.2, 0) is 16.0 Å². The average molecular weight is 261 g/mol. The maximum absolute atomic E-state index is 12.0. The smallest absolute Gasteiger partial charge is 0.307 e. The summed E-state index contributed by atoms with van der Waals surface area (Å²) < 4.78 is 0. The van der Waals surface area contributed by atoms with E-state index in [1.165, 1.54) is 5.56 Å². The molecule has 1 aromatic rings. The summed E-state index contributed by atoms with van der Waals surface area (Å²) in [6, 6.07) is 9.92. The van der Waals surface area contributed by atoms with E-state index in [0.717, 1.165) is 12.8 Å². The Morgan fingerprint density at radius 1 is 1.16 bits per heavy atom. The quantitative estimate of drug-likeness (QED) is 0.850. The Bertz CT molecular complexity index is 444. The van der Waals surface area contributed by atoms with Crippen LogP contribution in [0.5, 0.6) is 0 Å². The van der Waals surface area contributed by atoms with E-state index in [2.05, 4.69) is 5.32 Å². The van der Waals surface area contributed by atoms with Gasteiger partial charge in [0.2, 0.25) is 5.91 Å². The van der Waals surface area contributed by atoms with E-state index in [1.54, 1.807) is 0 Å². The minimum Gasteiger partial charge on any atom is -0.481 e. The molecular weight excluding hydrogens is 242 g/mol. The lowest BCUT2D eigenvalue weighted by atomic mass is 9.95. The maximum Gasteiger partial charge on any atom is 0.307 e. The van der Waals surface area contributed by atoms with E-state index < -0.39 is 11.9 Å². The van der Waals surface area contributed by atoms with Crippen LogP contribution in [0.3, 0.4) is 0 Å². The molecule has 0 radical (unpaired) electrons. The zero-order valence-electron chi connectivity index (χ0n) is 10.8. The highest BCUT2D eigenvalue weighted by molar-refractivity contribution is 5.85. The first-order chi connectivity index (χ1) is 9.18. The van der Waals surface area contributed by atoms with Gasteiger partial charge in [-0.1, -0.05) is 36.8 Å². The molecule has 2 rings (SSSR count). The molecule has 2 N–H and O–H groups in total. The van der Waals surface area contributed by atoms with Gasteiger partial charge >= 0.3 is 5.97 Å². The first kappa shape index (κ1) is 13.6. The number of carbonyl (C=O) groups is 2. The SMILES string of the molecule is O=C(O)[C@H]1CCC[C@H]1C(=O)NCCc1ccccc1. The molecule has 4 heteroatoms. The van der Waals surface area contributed by atoms with Gasteiger partial charge in [0, 0.05) is 6.54 Å². The molecule has 1 amide bonds. The minimum atomic E-state index is -0.847. The number of carboxylic acids is 1. The molecule has 0 heterocycles. The maximum atomic E-state index is 12.0. The van der Waals surface area contributed by atoms with E-state index in [-0.39, 0.29) is 11.8 Å². The lowest BCUT2D eigenvalue weighted by molar-refractivity contribution is -0.146. The Kier molecular flexibility index (Phi) is 4.55. The van der Waals surface area contributed by atoms with E-state index in [0.29, 0.717) is 19.4 Å². The molecule has 2 atom stereocenters. The number of rotatable bonds is 5. The molecule has 19 heavy (non-hydrogen) atoms. The van der Waals surface area contributed by atoms with Crippen molar-refractivity contribution in [3.05, 3.63) is 35.9 Å². The molecule has 1 aliphatic rings. The Balaban J connectivity index is 1.80. The fourth-order valence-electron chi connectivity index (χ4n) is 2.68. The van der Waals surface area contributed by atoms with Crippen LogP contribution in [0.4, 0.5) is 0 Å². The molecule has 0 spiro atoms. The molecule has 1 aromatic carbocycles. The van der Waals surface area contributed by atoms with E-state index >= 15 is 0 Å². The highest BCUT2D eigenvalue weighted by Gasteiger charge is 2.37. The molecular formula is C15H19NO3. The van der Waals surface area contributed by atoms with Crippen molar-refractivity contribution in [2.45, 2.75) is 25.7 Å². The predicted molar refractivity (Wildman–Crippen MR) is 71.6 cm³/mol. The second-order valence-corrected chi connectivity index (χ2v) is 5.01. The summed E-state index contributed by atoms with van der Waals surface area (Å²) in [7, 11) is 0. The highest BCUT2D eigenvalue weighted by Crippen LogP contribution is 2.31. The summed E-state index contributed by atoms with van der Waals surface area (Å²) >= 11 is 0. The Labute approximate surface area is 112 Å². The number of nitrogens with one attached hydrogen (secondary N) is 1. The Hall–Kier alpha value is -1.84. The van der Waals surface area contributed by atoms with Crippen LogP contribution in [0.1, 0.15) is 24.8 Å². The third-order valence-corrected chi connectivity index (χ3v) is 3.73. The summed E-state index contributed by atoms with van der Waals surface area (Å²) in [6.07, 6.45) is 2.91. The molecule has 0 unspecified atom stereocenters. The van der Waals surface area contributed by atoms with Crippen LogP contribution in [-0.4, -0.2) is 23.5 Å². The second kappa shape index (κ2) is 6.36. The zero-order chi connectivity index (χ0) is 13.7. The van der Waals surface area contributed by atoms with Crippen molar-refractivity contribution in [3.8, 4) is 0 Å². The molecule has 0 bridgehead atoms. The van der Waals surface area contributed by atoms with Gasteiger partial charge in [0.25, 0.3) is 0 Å². The fraction of sp³-hybridized carbons (Fsp3) is 0.467. The molecule has 4 nitrogen and oxygen atoms in total. The molecule has 1 aliphatic carbocycles. The molecule has 102 valence electrons. The van der Waals surface area contributed by atoms with Gasteiger partial charge in [-0.3, -0.25) is 9.59 Å². The van der Waals surface area contributed by atoms with Gasteiger partial charge in [-0.25, -0.2) is 0 Å². The monoisotopic (exact) mass is 261 g/mol. The normalized spacial score (nSPS) is 22.1. The van der Waals surface area contributed by atoms with Gasteiger partial charge in [-0.2, -0.15) is 0 Å². The van der Waals surface area contributed by atoms with E-state index in [1.807, 2.05) is 30.3 Å². The molecule has 0 saturated heterocycles. The Morgan fingerprint density at radius 2 is 1.84 bits per heavy atom. The largest absolute Gasteiger partial charge is 0.481 e. The van der Waals surface area contributed by atoms with E-state index in [4.69, 9.17) is 5.11 Å². The number of carboxylic acid groups (broad SMARTS) is 1. The van der Waals surface area contributed by atoms with Crippen LogP contribution in [0.25, 0.3) is 0 Å². The number of amides is 1. The summed E-state index contributed by atoms with van der Waals surface area (Å²) in [5, 5.41) is 11.9. The third kappa shape index (κ3) is 3.56. The third-order valence-electron chi connectivity index (χ3n) is 3.73. The van der Waals surface area contributed by atoms with Crippen molar-refractivity contribution >= 4 is 11.9 Å². The van der Waals surface area contributed by atoms with Crippen LogP contribution in [0, 0.1) is 11.8 Å². The first-order valence-corrected chi connectivity index (χ1v) is 6.73. The molecule has 0 aliphatic heterocycles. The lowest BCUT2D eigenvalue weighted by Crippen LogP contribution is -2.36. The van der Waals surface area contributed by atoms with Crippen molar-refractivity contribution in [1.29, 1.82) is 0 Å². The topological polar surface area (TPSA) is 66.4 Å². The van der Waals surface area contributed by atoms with Crippen LogP contribution in [0.2, 0.25) is 0 Å². The summed E-state index contributed by atoms with van der Waals surface area (Å²) in [4.78, 5) is 23.0. The standard InChI is InChI=1S/C15H19NO3/c17-14(12-7-4-8-13(12)15(18)19)16-10-9-11-5-2-1-3-6-11/h1-3,5-6,12-13H,4,7-10H2,(H,16,17)(H,18,19)/t12-,13+/m1/s1. The van der Waals surface area contributed by atoms with Gasteiger partial charge in [0.05, 0.1) is 11.8 Å². The number of hydrogen-bond acceptors (Lipinski definition) is 2. The van der Waals surface area contributed by atoms with Gasteiger partial charge in [0.1, 0.15) is 0 Å². The van der Waals surface area contributed by atoms with Crippen LogP contribution < -0.4 is 5.32 Å². The zero-order valence-corrected chi connectivity index (χ0v) is 10.8. The minimum absolute atomic E-state index is 0.110. The molecule has 0 aromatic heterocycles. The number of aliphatic carboxylic acids is 1. The molecule has 1 saturated carbocycles. The highest BCUT2D eigenvalue weighted by atomic mass is 16.4. The van der Waals surface area contributed by atoms with Gasteiger partial charge in [-0.15, -0.1) is 0 Å². The van der Waals surface area contributed by atoms with Crippen LogP contribution >= 0.6 is 0 Å². The van der Waals surface area contributed by atoms with Crippen molar-refractivity contribution < 1.29 is 14.7 Å². The summed E-state index contributed by atoms with van der Waals surface area (Å²) in [5.41, 5.74) is 1.17. The van der Waals surface area contributed by atoms with Crippen LogP contribution in [0.15, 0.2) is 30.3 Å². The van der Waals surface area contributed by atoms with Crippen molar-refractivity contribution in [3.63, 3.8) is 0 Å². The summed E-state index contributed by atoms with van der Waals surface area (Å²) in [5.74, 6) is -1.81. The van der Waals surface area contributed by atoms with E-state index in [9.17, 15) is 9.59 Å². The van der Waals surface area contributed by atoms with Crippen molar-refractivity contribution in [1.82, 2.24) is 5.32 Å². The molecule has 1 fully saturated rings. The van der Waals surface area contributed by atoms with Gasteiger partial charge in [0.15, 0.2) is 0 Å². The average Bonchev–Trinajstić information content (AvgIpc) is 2.89. The number of carbonyl (C=O) groups excluding carboxylic acids is 1. The lowest BCUT2D eigenvalue weighted by Gasteiger charge is -2.15. The number of hydrogen-bond donors (Lipinski definition) is 2. The Morgan fingerprint density at radius 3 is 2.53 bits per heavy atom. The number of benzene rings is 1. The van der Waals surface area contributed by atoms with Crippen molar-refractivity contribution in [2.24, 2.45) is 11.8 Å². The van der Waals surface area contributed by atoms with Gasteiger partial charge < -0.3 is 10.4 Å². The van der Waals surface area contributed by atoms with Gasteiger partial charge in [-0.05, 0) is 24.8 Å². The summed E-state index contributed by atoms with van der Waals surface area (Å²) in [6.45, 7) is 0.561. The fourth-order valence-corrected chi connectivity index (χ4v) is 2.68.